The van der Waals surface area contributed by atoms with Gasteiger partial charge in [-0.3, -0.25) is 4.99 Å². The molecule has 0 radical (unpaired) electrons. The molecule has 0 unspecified atom stereocenters. The molecule has 0 aliphatic rings. The summed E-state index contributed by atoms with van der Waals surface area (Å²) in [6.45, 7) is 5.16. The lowest BCUT2D eigenvalue weighted by atomic mass is 10.2. The van der Waals surface area contributed by atoms with Gasteiger partial charge in [0.05, 0.1) is 13.7 Å². The Morgan fingerprint density at radius 2 is 1.86 bits per heavy atom. The van der Waals surface area contributed by atoms with Gasteiger partial charge in [-0.15, -0.1) is 24.0 Å². The Labute approximate surface area is 150 Å². The van der Waals surface area contributed by atoms with Gasteiger partial charge >= 0.3 is 0 Å². The van der Waals surface area contributed by atoms with E-state index >= 15 is 0 Å². The van der Waals surface area contributed by atoms with E-state index in [1.807, 2.05) is 24.3 Å². The van der Waals surface area contributed by atoms with Gasteiger partial charge < -0.3 is 20.1 Å². The molecule has 0 aliphatic heterocycles. The SMILES string of the molecule is CCCCOCCNC(=NC)NCc1ccc(OC)cc1.I. The molecule has 0 atom stereocenters. The predicted molar refractivity (Wildman–Crippen MR) is 102 cm³/mol. The number of guanidine groups is 1. The minimum absolute atomic E-state index is 0. The van der Waals surface area contributed by atoms with Gasteiger partial charge in [0.1, 0.15) is 5.75 Å². The standard InChI is InChI=1S/C16H27N3O2.HI/c1-4-5-11-21-12-10-18-16(17-2)19-13-14-6-8-15(20-3)9-7-14;/h6-9H,4-5,10-13H2,1-3H3,(H2,17,18,19);1H. The summed E-state index contributed by atoms with van der Waals surface area (Å²) < 4.78 is 10.6. The smallest absolute Gasteiger partial charge is 0.191 e. The Hall–Kier alpha value is -1.02. The van der Waals surface area contributed by atoms with Crippen LogP contribution in [0.1, 0.15) is 25.3 Å². The first-order chi connectivity index (χ1) is 10.3. The van der Waals surface area contributed by atoms with Gasteiger partial charge in [-0.25, -0.2) is 0 Å². The molecule has 0 amide bonds. The number of rotatable bonds is 9. The summed E-state index contributed by atoms with van der Waals surface area (Å²) in [6, 6.07) is 7.98. The van der Waals surface area contributed by atoms with Gasteiger partial charge in [-0.2, -0.15) is 0 Å². The van der Waals surface area contributed by atoms with Crippen molar-refractivity contribution in [3.05, 3.63) is 29.8 Å². The van der Waals surface area contributed by atoms with E-state index in [9.17, 15) is 0 Å². The third-order valence-electron chi connectivity index (χ3n) is 3.02. The lowest BCUT2D eigenvalue weighted by Gasteiger charge is -2.12. The number of aliphatic imine (C=N–C) groups is 1. The molecule has 0 saturated heterocycles. The molecule has 22 heavy (non-hydrogen) atoms. The van der Waals surface area contributed by atoms with Crippen LogP contribution in [0.4, 0.5) is 0 Å². The molecule has 5 nitrogen and oxygen atoms in total. The topological polar surface area (TPSA) is 54.9 Å². The number of nitrogens with one attached hydrogen (secondary N) is 2. The van der Waals surface area contributed by atoms with Gasteiger partial charge in [0.2, 0.25) is 0 Å². The molecule has 0 spiro atoms. The highest BCUT2D eigenvalue weighted by Crippen LogP contribution is 2.10. The number of nitrogens with zero attached hydrogens (tertiary/aromatic N) is 1. The van der Waals surface area contributed by atoms with Crippen molar-refractivity contribution in [3.8, 4) is 5.75 Å². The molecule has 0 saturated carbocycles. The van der Waals surface area contributed by atoms with Crippen molar-refractivity contribution in [1.29, 1.82) is 0 Å². The van der Waals surface area contributed by atoms with Crippen LogP contribution in [0, 0.1) is 0 Å². The van der Waals surface area contributed by atoms with E-state index in [2.05, 4.69) is 22.5 Å². The van der Waals surface area contributed by atoms with Crippen LogP contribution in [0.25, 0.3) is 0 Å². The lowest BCUT2D eigenvalue weighted by Crippen LogP contribution is -2.38. The summed E-state index contributed by atoms with van der Waals surface area (Å²) in [4.78, 5) is 4.18. The zero-order valence-electron chi connectivity index (χ0n) is 13.7. The number of hydrogen-bond donors (Lipinski definition) is 2. The second kappa shape index (κ2) is 13.6. The Morgan fingerprint density at radius 3 is 2.45 bits per heavy atom. The molecule has 1 aromatic carbocycles. The Balaban J connectivity index is 0.00000441. The molecule has 1 rings (SSSR count). The molecule has 126 valence electrons. The normalized spacial score (nSPS) is 10.8. The fraction of sp³-hybridized carbons (Fsp3) is 0.562. The summed E-state index contributed by atoms with van der Waals surface area (Å²) >= 11 is 0. The molecule has 0 fully saturated rings. The first kappa shape index (κ1) is 21.0. The summed E-state index contributed by atoms with van der Waals surface area (Å²) in [5, 5.41) is 6.50. The average molecular weight is 421 g/mol. The van der Waals surface area contributed by atoms with Gasteiger partial charge in [0.25, 0.3) is 0 Å². The van der Waals surface area contributed by atoms with Crippen molar-refractivity contribution < 1.29 is 9.47 Å². The zero-order chi connectivity index (χ0) is 15.3. The van der Waals surface area contributed by atoms with Gasteiger partial charge in [-0.1, -0.05) is 25.5 Å². The Kier molecular flexibility index (Phi) is 13.0. The molecule has 2 N–H and O–H groups in total. The minimum atomic E-state index is 0. The van der Waals surface area contributed by atoms with Crippen LogP contribution in [0.15, 0.2) is 29.3 Å². The molecular weight excluding hydrogens is 393 g/mol. The Bertz CT molecular complexity index is 410. The fourth-order valence-electron chi connectivity index (χ4n) is 1.74. The molecule has 0 aromatic heterocycles. The van der Waals surface area contributed by atoms with E-state index in [-0.39, 0.29) is 24.0 Å². The molecule has 6 heteroatoms. The van der Waals surface area contributed by atoms with E-state index in [1.165, 1.54) is 12.0 Å². The van der Waals surface area contributed by atoms with Crippen molar-refractivity contribution in [1.82, 2.24) is 10.6 Å². The summed E-state index contributed by atoms with van der Waals surface area (Å²) in [7, 11) is 3.43. The number of halogens is 1. The largest absolute Gasteiger partial charge is 0.497 e. The first-order valence-electron chi connectivity index (χ1n) is 7.45. The minimum Gasteiger partial charge on any atom is -0.497 e. The molecule has 0 heterocycles. The second-order valence-corrected chi connectivity index (χ2v) is 4.67. The van der Waals surface area contributed by atoms with E-state index < -0.39 is 0 Å². The highest BCUT2D eigenvalue weighted by molar-refractivity contribution is 14.0. The van der Waals surface area contributed by atoms with Crippen LogP contribution in [0.3, 0.4) is 0 Å². The number of unbranched alkanes of at least 4 members (excludes halogenated alkanes) is 1. The van der Waals surface area contributed by atoms with Crippen LogP contribution in [0.5, 0.6) is 5.75 Å². The summed E-state index contributed by atoms with van der Waals surface area (Å²) in [5.41, 5.74) is 1.18. The van der Waals surface area contributed by atoms with E-state index in [4.69, 9.17) is 9.47 Å². The van der Waals surface area contributed by atoms with E-state index in [1.54, 1.807) is 14.2 Å². The quantitative estimate of drug-likeness (QED) is 0.279. The van der Waals surface area contributed by atoms with Crippen LogP contribution >= 0.6 is 24.0 Å². The van der Waals surface area contributed by atoms with Crippen LogP contribution in [-0.2, 0) is 11.3 Å². The monoisotopic (exact) mass is 421 g/mol. The van der Waals surface area contributed by atoms with Crippen molar-refractivity contribution >= 4 is 29.9 Å². The van der Waals surface area contributed by atoms with Crippen LogP contribution in [-0.4, -0.2) is 39.9 Å². The first-order valence-corrected chi connectivity index (χ1v) is 7.45. The average Bonchev–Trinajstić information content (AvgIpc) is 2.54. The maximum absolute atomic E-state index is 5.50. The third kappa shape index (κ3) is 9.09. The third-order valence-corrected chi connectivity index (χ3v) is 3.02. The number of hydrogen-bond acceptors (Lipinski definition) is 3. The summed E-state index contributed by atoms with van der Waals surface area (Å²) in [6.07, 6.45) is 2.28. The predicted octanol–water partition coefficient (Wildman–Crippen LogP) is 2.79. The van der Waals surface area contributed by atoms with Crippen LogP contribution < -0.4 is 15.4 Å². The van der Waals surface area contributed by atoms with Crippen LogP contribution in [0.2, 0.25) is 0 Å². The van der Waals surface area contributed by atoms with E-state index in [0.29, 0.717) is 6.61 Å². The number of methoxy groups -OCH3 is 1. The molecule has 0 aliphatic carbocycles. The summed E-state index contributed by atoms with van der Waals surface area (Å²) in [5.74, 6) is 1.65. The molecular formula is C16H28IN3O2. The highest BCUT2D eigenvalue weighted by atomic mass is 127. The molecule has 1 aromatic rings. The van der Waals surface area contributed by atoms with E-state index in [0.717, 1.165) is 37.8 Å². The maximum Gasteiger partial charge on any atom is 0.191 e. The van der Waals surface area contributed by atoms with Crippen molar-refractivity contribution in [3.63, 3.8) is 0 Å². The molecule has 0 bridgehead atoms. The van der Waals surface area contributed by atoms with Crippen molar-refractivity contribution in [2.24, 2.45) is 4.99 Å². The zero-order valence-corrected chi connectivity index (χ0v) is 16.1. The van der Waals surface area contributed by atoms with Gasteiger partial charge in [0.15, 0.2) is 5.96 Å². The number of ether oxygens (including phenoxy) is 2. The Morgan fingerprint density at radius 1 is 1.14 bits per heavy atom. The van der Waals surface area contributed by atoms with Gasteiger partial charge in [-0.05, 0) is 24.1 Å². The highest BCUT2D eigenvalue weighted by Gasteiger charge is 1.98. The van der Waals surface area contributed by atoms with Gasteiger partial charge in [0, 0.05) is 26.7 Å². The number of benzene rings is 1. The van der Waals surface area contributed by atoms with Crippen molar-refractivity contribution in [2.75, 3.05) is 33.9 Å². The maximum atomic E-state index is 5.50. The fourth-order valence-corrected chi connectivity index (χ4v) is 1.74. The second-order valence-electron chi connectivity index (χ2n) is 4.67. The lowest BCUT2D eigenvalue weighted by molar-refractivity contribution is 0.136. The van der Waals surface area contributed by atoms with Crippen molar-refractivity contribution in [2.45, 2.75) is 26.3 Å².